The lowest BCUT2D eigenvalue weighted by molar-refractivity contribution is 0.630. The Balaban J connectivity index is 1.53. The molecule has 2 nitrogen and oxygen atoms in total. The van der Waals surface area contributed by atoms with Crippen molar-refractivity contribution in [3.8, 4) is 5.69 Å². The maximum Gasteiger partial charge on any atom is 0.0582 e. The van der Waals surface area contributed by atoms with Crippen molar-refractivity contribution in [2.24, 2.45) is 0 Å². The Morgan fingerprint density at radius 1 is 0.757 bits per heavy atom. The number of hydrogen-bond donors (Lipinski definition) is 0. The number of rotatable bonds is 3. The van der Waals surface area contributed by atoms with Crippen molar-refractivity contribution in [3.63, 3.8) is 0 Å². The first-order valence-electron chi connectivity index (χ1n) is 13.4. The monoisotopic (exact) mass is 480 g/mol. The lowest BCUT2D eigenvalue weighted by Crippen LogP contribution is -2.26. The summed E-state index contributed by atoms with van der Waals surface area (Å²) in [4.78, 5) is 2.47. The molecular formula is C35H32N2. The number of aryl methyl sites for hydroxylation is 2. The Morgan fingerprint density at radius 2 is 1.54 bits per heavy atom. The molecule has 182 valence electrons. The summed E-state index contributed by atoms with van der Waals surface area (Å²) in [7, 11) is 0. The van der Waals surface area contributed by atoms with E-state index in [4.69, 9.17) is 0 Å². The van der Waals surface area contributed by atoms with Gasteiger partial charge in [0.05, 0.1) is 16.7 Å². The smallest absolute Gasteiger partial charge is 0.0582 e. The van der Waals surface area contributed by atoms with Gasteiger partial charge in [-0.2, -0.15) is 0 Å². The van der Waals surface area contributed by atoms with Crippen LogP contribution in [0.25, 0.3) is 27.5 Å². The third-order valence-corrected chi connectivity index (χ3v) is 8.26. The fourth-order valence-electron chi connectivity index (χ4n) is 6.63. The number of para-hydroxylation sites is 2. The topological polar surface area (TPSA) is 8.17 Å². The molecule has 2 heteroatoms. The molecule has 0 spiro atoms. The van der Waals surface area contributed by atoms with E-state index in [0.717, 1.165) is 12.8 Å². The second kappa shape index (κ2) is 7.98. The van der Waals surface area contributed by atoms with Gasteiger partial charge in [0.25, 0.3) is 0 Å². The first kappa shape index (κ1) is 22.2. The van der Waals surface area contributed by atoms with Crippen molar-refractivity contribution < 1.29 is 0 Å². The Hall–Kier alpha value is -4.04. The van der Waals surface area contributed by atoms with Crippen LogP contribution in [-0.4, -0.2) is 4.57 Å². The molecule has 0 fully saturated rings. The van der Waals surface area contributed by atoms with Crippen LogP contribution < -0.4 is 4.90 Å². The minimum atomic E-state index is -0.0479. The minimum absolute atomic E-state index is 0.0479. The minimum Gasteiger partial charge on any atom is -0.314 e. The lowest BCUT2D eigenvalue weighted by atomic mass is 9.75. The second-order valence-electron chi connectivity index (χ2n) is 11.2. The summed E-state index contributed by atoms with van der Waals surface area (Å²) in [6, 6.07) is 29.7. The number of nitrogens with zero attached hydrogens (tertiary/aromatic N) is 2. The molecule has 1 aliphatic carbocycles. The van der Waals surface area contributed by atoms with Gasteiger partial charge in [-0.3, -0.25) is 0 Å². The second-order valence-corrected chi connectivity index (χ2v) is 11.2. The molecule has 0 atom stereocenters. The highest BCUT2D eigenvalue weighted by Gasteiger charge is 2.34. The fraction of sp³-hybridized carbons (Fsp3) is 0.200. The first-order valence-corrected chi connectivity index (χ1v) is 13.4. The van der Waals surface area contributed by atoms with Crippen molar-refractivity contribution >= 4 is 33.2 Å². The van der Waals surface area contributed by atoms with Gasteiger partial charge < -0.3 is 9.47 Å². The number of allylic oxidation sites excluding steroid dienone is 4. The van der Waals surface area contributed by atoms with Crippen LogP contribution in [0.2, 0.25) is 0 Å². The molecule has 1 aromatic heterocycles. The molecule has 2 heterocycles. The van der Waals surface area contributed by atoms with Crippen molar-refractivity contribution in [1.29, 1.82) is 0 Å². The van der Waals surface area contributed by atoms with E-state index in [1.54, 1.807) is 0 Å². The SMILES string of the molecule is Cc1cc(C)cc(N(C2=CC=CCC2)c2ccc3c(c2)c2cccc4c2n3-c2ccccc2C4(C)C)c1. The first-order chi connectivity index (χ1) is 17.9. The Morgan fingerprint density at radius 3 is 2.32 bits per heavy atom. The molecule has 7 rings (SSSR count). The summed E-state index contributed by atoms with van der Waals surface area (Å²) >= 11 is 0. The van der Waals surface area contributed by atoms with E-state index >= 15 is 0 Å². The van der Waals surface area contributed by atoms with Crippen LogP contribution >= 0.6 is 0 Å². The molecule has 0 bridgehead atoms. The summed E-state index contributed by atoms with van der Waals surface area (Å²) < 4.78 is 2.49. The van der Waals surface area contributed by atoms with Gasteiger partial charge in [-0.05, 0) is 91.4 Å². The molecule has 0 N–H and O–H groups in total. The molecule has 2 aliphatic rings. The van der Waals surface area contributed by atoms with Gasteiger partial charge in [-0.1, -0.05) is 68.5 Å². The zero-order valence-electron chi connectivity index (χ0n) is 22.0. The number of fused-ring (bicyclic) bond motifs is 5. The standard InChI is InChI=1S/C35H32N2/c1-23-19-24(2)21-27(20-23)36(25-11-6-5-7-12-25)26-17-18-32-29(22-26)28-13-10-15-31-34(28)37(32)33-16-9-8-14-30(33)35(31,3)4/h5-6,8-11,13-22H,7,12H2,1-4H3. The molecule has 0 saturated carbocycles. The quantitative estimate of drug-likeness (QED) is 0.250. The maximum atomic E-state index is 2.49. The number of anilines is 2. The Bertz CT molecular complexity index is 1760. The van der Waals surface area contributed by atoms with E-state index in [0.29, 0.717) is 0 Å². The van der Waals surface area contributed by atoms with Crippen molar-refractivity contribution in [2.45, 2.75) is 46.0 Å². The summed E-state index contributed by atoms with van der Waals surface area (Å²) in [6.45, 7) is 9.10. The van der Waals surface area contributed by atoms with Crippen LogP contribution in [0, 0.1) is 13.8 Å². The average Bonchev–Trinajstić information content (AvgIpc) is 3.22. The lowest BCUT2D eigenvalue weighted by Gasteiger charge is -2.34. The van der Waals surface area contributed by atoms with Crippen LogP contribution in [0.4, 0.5) is 11.4 Å². The normalized spacial score (nSPS) is 15.6. The van der Waals surface area contributed by atoms with Gasteiger partial charge in [0, 0.05) is 33.3 Å². The predicted molar refractivity (Wildman–Crippen MR) is 157 cm³/mol. The fourth-order valence-corrected chi connectivity index (χ4v) is 6.63. The van der Waals surface area contributed by atoms with E-state index in [1.165, 1.54) is 66.8 Å². The molecule has 0 unspecified atom stereocenters. The van der Waals surface area contributed by atoms with Gasteiger partial charge in [0.2, 0.25) is 0 Å². The third-order valence-electron chi connectivity index (χ3n) is 8.26. The zero-order valence-corrected chi connectivity index (χ0v) is 22.0. The van der Waals surface area contributed by atoms with Crippen LogP contribution in [0.1, 0.15) is 48.9 Å². The van der Waals surface area contributed by atoms with E-state index in [1.807, 2.05) is 0 Å². The molecular weight excluding hydrogens is 448 g/mol. The summed E-state index contributed by atoms with van der Waals surface area (Å²) in [5.74, 6) is 0. The van der Waals surface area contributed by atoms with Crippen molar-refractivity contribution in [1.82, 2.24) is 4.57 Å². The van der Waals surface area contributed by atoms with Gasteiger partial charge in [-0.25, -0.2) is 0 Å². The van der Waals surface area contributed by atoms with Crippen LogP contribution in [0.15, 0.2) is 103 Å². The highest BCUT2D eigenvalue weighted by molar-refractivity contribution is 6.12. The maximum absolute atomic E-state index is 2.49. The molecule has 0 radical (unpaired) electrons. The van der Waals surface area contributed by atoms with E-state index in [9.17, 15) is 0 Å². The molecule has 5 aromatic rings. The van der Waals surface area contributed by atoms with Crippen LogP contribution in [-0.2, 0) is 5.41 Å². The van der Waals surface area contributed by atoms with Gasteiger partial charge in [0.15, 0.2) is 0 Å². The average molecular weight is 481 g/mol. The zero-order chi connectivity index (χ0) is 25.3. The van der Waals surface area contributed by atoms with Crippen molar-refractivity contribution in [3.05, 3.63) is 125 Å². The molecule has 1 aliphatic heterocycles. The number of aromatic nitrogens is 1. The molecule has 4 aromatic carbocycles. The van der Waals surface area contributed by atoms with E-state index in [-0.39, 0.29) is 5.41 Å². The summed E-state index contributed by atoms with van der Waals surface area (Å²) in [5, 5.41) is 2.64. The summed E-state index contributed by atoms with van der Waals surface area (Å²) in [5.41, 5.74) is 13.0. The third kappa shape index (κ3) is 3.25. The Kier molecular flexibility index (Phi) is 4.78. The largest absolute Gasteiger partial charge is 0.314 e. The van der Waals surface area contributed by atoms with Gasteiger partial charge >= 0.3 is 0 Å². The van der Waals surface area contributed by atoms with Gasteiger partial charge in [-0.15, -0.1) is 0 Å². The Labute approximate surface area is 219 Å². The van der Waals surface area contributed by atoms with E-state index < -0.39 is 0 Å². The van der Waals surface area contributed by atoms with Crippen LogP contribution in [0.5, 0.6) is 0 Å². The van der Waals surface area contributed by atoms with Crippen molar-refractivity contribution in [2.75, 3.05) is 4.90 Å². The van der Waals surface area contributed by atoms with E-state index in [2.05, 4.69) is 134 Å². The number of hydrogen-bond acceptors (Lipinski definition) is 1. The molecule has 37 heavy (non-hydrogen) atoms. The van der Waals surface area contributed by atoms with Crippen LogP contribution in [0.3, 0.4) is 0 Å². The summed E-state index contributed by atoms with van der Waals surface area (Å²) in [6.07, 6.45) is 8.85. The van der Waals surface area contributed by atoms with Gasteiger partial charge in [0.1, 0.15) is 0 Å². The molecule has 0 saturated heterocycles. The molecule has 0 amide bonds. The number of benzene rings is 4. The predicted octanol–water partition coefficient (Wildman–Crippen LogP) is 9.41. The highest BCUT2D eigenvalue weighted by Crippen LogP contribution is 2.48. The highest BCUT2D eigenvalue weighted by atomic mass is 15.1.